The molecule has 2 N–H and O–H groups in total. The molecular weight excluding hydrogens is 296 g/mol. The standard InChI is InChI=1S/C14H20N2O2S.ClH/c15-12-2-1-10(7-12)14(17)16-4-5-18-13(8-16)11-3-6-19-9-11;/h3,6,9-10,12-13H,1-2,4-5,7-8,15H2;1H. The number of hydrogen-bond donors (Lipinski definition) is 1. The quantitative estimate of drug-likeness (QED) is 0.910. The number of amides is 1. The predicted molar refractivity (Wildman–Crippen MR) is 82.2 cm³/mol. The van der Waals surface area contributed by atoms with Crippen LogP contribution in [0.15, 0.2) is 16.8 Å². The third kappa shape index (κ3) is 3.34. The molecule has 2 aliphatic rings. The Balaban J connectivity index is 0.00000147. The Morgan fingerprint density at radius 3 is 2.95 bits per heavy atom. The van der Waals surface area contributed by atoms with Gasteiger partial charge in [0.25, 0.3) is 0 Å². The molecule has 4 nitrogen and oxygen atoms in total. The molecule has 3 unspecified atom stereocenters. The normalized spacial score (nSPS) is 30.1. The van der Waals surface area contributed by atoms with Gasteiger partial charge in [0.05, 0.1) is 13.2 Å². The van der Waals surface area contributed by atoms with Crippen molar-refractivity contribution in [3.63, 3.8) is 0 Å². The molecule has 1 aliphatic carbocycles. The Bertz CT molecular complexity index is 440. The molecule has 3 rings (SSSR count). The van der Waals surface area contributed by atoms with Crippen LogP contribution in [0, 0.1) is 5.92 Å². The Morgan fingerprint density at radius 1 is 1.45 bits per heavy atom. The van der Waals surface area contributed by atoms with Gasteiger partial charge in [0.15, 0.2) is 0 Å². The third-order valence-electron chi connectivity index (χ3n) is 4.12. The molecule has 1 aromatic heterocycles. The molecule has 2 fully saturated rings. The van der Waals surface area contributed by atoms with Crippen LogP contribution in [0.3, 0.4) is 0 Å². The highest BCUT2D eigenvalue weighted by Crippen LogP contribution is 2.29. The lowest BCUT2D eigenvalue weighted by Crippen LogP contribution is -2.44. The van der Waals surface area contributed by atoms with E-state index in [1.54, 1.807) is 11.3 Å². The number of rotatable bonds is 2. The van der Waals surface area contributed by atoms with Gasteiger partial charge < -0.3 is 15.4 Å². The van der Waals surface area contributed by atoms with Gasteiger partial charge in [0.2, 0.25) is 5.91 Å². The first-order chi connectivity index (χ1) is 9.24. The van der Waals surface area contributed by atoms with Crippen LogP contribution in [0.1, 0.15) is 30.9 Å². The lowest BCUT2D eigenvalue weighted by atomic mass is 10.0. The lowest BCUT2D eigenvalue weighted by Gasteiger charge is -2.34. The maximum atomic E-state index is 12.5. The van der Waals surface area contributed by atoms with Gasteiger partial charge in [0.1, 0.15) is 6.10 Å². The molecule has 1 saturated heterocycles. The molecular formula is C14H21ClN2O2S. The molecule has 0 radical (unpaired) electrons. The summed E-state index contributed by atoms with van der Waals surface area (Å²) in [6, 6.07) is 2.29. The maximum Gasteiger partial charge on any atom is 0.225 e. The molecule has 1 amide bonds. The van der Waals surface area contributed by atoms with Gasteiger partial charge in [-0.05, 0) is 41.7 Å². The fourth-order valence-electron chi connectivity index (χ4n) is 3.01. The highest BCUT2D eigenvalue weighted by molar-refractivity contribution is 7.07. The van der Waals surface area contributed by atoms with Crippen molar-refractivity contribution in [1.82, 2.24) is 4.90 Å². The minimum Gasteiger partial charge on any atom is -0.370 e. The smallest absolute Gasteiger partial charge is 0.225 e. The van der Waals surface area contributed by atoms with E-state index < -0.39 is 0 Å². The van der Waals surface area contributed by atoms with Crippen LogP contribution in [0.4, 0.5) is 0 Å². The second kappa shape index (κ2) is 6.89. The van der Waals surface area contributed by atoms with E-state index >= 15 is 0 Å². The largest absolute Gasteiger partial charge is 0.370 e. The number of morpholine rings is 1. The zero-order valence-electron chi connectivity index (χ0n) is 11.4. The second-order valence-electron chi connectivity index (χ2n) is 5.47. The first-order valence-corrected chi connectivity index (χ1v) is 7.86. The molecule has 1 aliphatic heterocycles. The van der Waals surface area contributed by atoms with Gasteiger partial charge in [-0.2, -0.15) is 11.3 Å². The Hall–Kier alpha value is -0.620. The summed E-state index contributed by atoms with van der Waals surface area (Å²) >= 11 is 1.67. The van der Waals surface area contributed by atoms with Crippen LogP contribution in [0.5, 0.6) is 0 Å². The molecule has 6 heteroatoms. The summed E-state index contributed by atoms with van der Waals surface area (Å²) in [6.45, 7) is 2.03. The van der Waals surface area contributed by atoms with Crippen molar-refractivity contribution < 1.29 is 9.53 Å². The average Bonchev–Trinajstić information content (AvgIpc) is 3.09. The molecule has 20 heavy (non-hydrogen) atoms. The molecule has 112 valence electrons. The first-order valence-electron chi connectivity index (χ1n) is 6.92. The Labute approximate surface area is 129 Å². The van der Waals surface area contributed by atoms with Gasteiger partial charge in [-0.3, -0.25) is 4.79 Å². The van der Waals surface area contributed by atoms with E-state index in [-0.39, 0.29) is 36.4 Å². The van der Waals surface area contributed by atoms with Crippen LogP contribution in [-0.4, -0.2) is 36.5 Å². The van der Waals surface area contributed by atoms with Crippen molar-refractivity contribution in [1.29, 1.82) is 0 Å². The maximum absolute atomic E-state index is 12.5. The van der Waals surface area contributed by atoms with Crippen molar-refractivity contribution in [3.05, 3.63) is 22.4 Å². The van der Waals surface area contributed by atoms with Gasteiger partial charge in [-0.1, -0.05) is 0 Å². The molecule has 0 aromatic carbocycles. The van der Waals surface area contributed by atoms with Crippen molar-refractivity contribution in [3.8, 4) is 0 Å². The summed E-state index contributed by atoms with van der Waals surface area (Å²) in [7, 11) is 0. The number of nitrogens with two attached hydrogens (primary N) is 1. The van der Waals surface area contributed by atoms with Crippen LogP contribution in [0.25, 0.3) is 0 Å². The summed E-state index contributed by atoms with van der Waals surface area (Å²) in [4.78, 5) is 14.4. The van der Waals surface area contributed by atoms with Crippen molar-refractivity contribution in [2.45, 2.75) is 31.4 Å². The average molecular weight is 317 g/mol. The van der Waals surface area contributed by atoms with E-state index in [2.05, 4.69) is 16.8 Å². The van der Waals surface area contributed by atoms with E-state index in [0.29, 0.717) is 19.7 Å². The van der Waals surface area contributed by atoms with E-state index in [1.165, 1.54) is 5.56 Å². The van der Waals surface area contributed by atoms with E-state index in [1.807, 2.05) is 4.90 Å². The van der Waals surface area contributed by atoms with Crippen LogP contribution in [0.2, 0.25) is 0 Å². The number of halogens is 1. The number of carbonyl (C=O) groups excluding carboxylic acids is 1. The zero-order chi connectivity index (χ0) is 13.2. The summed E-state index contributed by atoms with van der Waals surface area (Å²) in [5.74, 6) is 0.410. The van der Waals surface area contributed by atoms with E-state index in [0.717, 1.165) is 19.3 Å². The summed E-state index contributed by atoms with van der Waals surface area (Å²) in [5.41, 5.74) is 7.09. The fourth-order valence-corrected chi connectivity index (χ4v) is 3.71. The second-order valence-corrected chi connectivity index (χ2v) is 6.25. The summed E-state index contributed by atoms with van der Waals surface area (Å²) in [6.07, 6.45) is 2.81. The number of nitrogens with zero attached hydrogens (tertiary/aromatic N) is 1. The predicted octanol–water partition coefficient (Wildman–Crippen LogP) is 2.20. The van der Waals surface area contributed by atoms with Crippen LogP contribution >= 0.6 is 23.7 Å². The highest BCUT2D eigenvalue weighted by Gasteiger charge is 2.33. The topological polar surface area (TPSA) is 55.6 Å². The van der Waals surface area contributed by atoms with Gasteiger partial charge >= 0.3 is 0 Å². The van der Waals surface area contributed by atoms with Crippen molar-refractivity contribution in [2.24, 2.45) is 11.7 Å². The third-order valence-corrected chi connectivity index (χ3v) is 4.82. The highest BCUT2D eigenvalue weighted by atomic mass is 35.5. The van der Waals surface area contributed by atoms with Crippen molar-refractivity contribution >= 4 is 29.7 Å². The fraction of sp³-hybridized carbons (Fsp3) is 0.643. The van der Waals surface area contributed by atoms with E-state index in [4.69, 9.17) is 10.5 Å². The lowest BCUT2D eigenvalue weighted by molar-refractivity contribution is -0.143. The van der Waals surface area contributed by atoms with Crippen LogP contribution in [-0.2, 0) is 9.53 Å². The molecule has 3 atom stereocenters. The molecule has 0 spiro atoms. The molecule has 2 heterocycles. The van der Waals surface area contributed by atoms with Gasteiger partial charge in [-0.25, -0.2) is 0 Å². The number of thiophene rings is 1. The van der Waals surface area contributed by atoms with Crippen LogP contribution < -0.4 is 5.73 Å². The number of ether oxygens (including phenoxy) is 1. The van der Waals surface area contributed by atoms with E-state index in [9.17, 15) is 4.79 Å². The van der Waals surface area contributed by atoms with Crippen molar-refractivity contribution in [2.75, 3.05) is 19.7 Å². The minimum absolute atomic E-state index is 0. The molecule has 1 saturated carbocycles. The monoisotopic (exact) mass is 316 g/mol. The number of carbonyl (C=O) groups is 1. The Morgan fingerprint density at radius 2 is 2.30 bits per heavy atom. The minimum atomic E-state index is 0. The molecule has 1 aromatic rings. The summed E-state index contributed by atoms with van der Waals surface area (Å²) in [5, 5.41) is 4.15. The first kappa shape index (κ1) is 15.8. The van der Waals surface area contributed by atoms with Gasteiger partial charge in [-0.15, -0.1) is 12.4 Å². The summed E-state index contributed by atoms with van der Waals surface area (Å²) < 4.78 is 5.77. The molecule has 0 bridgehead atoms. The Kier molecular flexibility index (Phi) is 5.43. The van der Waals surface area contributed by atoms with Gasteiger partial charge in [0, 0.05) is 18.5 Å². The zero-order valence-corrected chi connectivity index (χ0v) is 13.0. The number of hydrogen-bond acceptors (Lipinski definition) is 4. The SMILES string of the molecule is Cl.NC1CCC(C(=O)N2CCOC(c3ccsc3)C2)C1.